The lowest BCUT2D eigenvalue weighted by Gasteiger charge is -2.35. The second-order valence-corrected chi connectivity index (χ2v) is 5.50. The minimum atomic E-state index is 0.191. The molecule has 0 aliphatic carbocycles. The quantitative estimate of drug-likeness (QED) is 0.752. The van der Waals surface area contributed by atoms with Crippen LogP contribution in [0.2, 0.25) is 0 Å². The zero-order chi connectivity index (χ0) is 14.2. The Kier molecular flexibility index (Phi) is 6.19. The van der Waals surface area contributed by atoms with Crippen molar-refractivity contribution < 1.29 is 9.53 Å². The summed E-state index contributed by atoms with van der Waals surface area (Å²) in [7, 11) is 0. The molecule has 1 aromatic carbocycles. The average Bonchev–Trinajstić information content (AvgIpc) is 2.49. The van der Waals surface area contributed by atoms with Gasteiger partial charge in [0.05, 0.1) is 13.0 Å². The number of ether oxygens (including phenoxy) is 1. The molecule has 1 saturated heterocycles. The van der Waals surface area contributed by atoms with Crippen molar-refractivity contribution >= 4 is 17.5 Å². The summed E-state index contributed by atoms with van der Waals surface area (Å²) in [6.45, 7) is 1.30. The number of piperidine rings is 1. The van der Waals surface area contributed by atoms with Gasteiger partial charge in [0.25, 0.3) is 0 Å². The van der Waals surface area contributed by atoms with Crippen molar-refractivity contribution in [3.63, 3.8) is 0 Å². The van der Waals surface area contributed by atoms with Crippen LogP contribution >= 0.6 is 11.6 Å². The van der Waals surface area contributed by atoms with E-state index in [2.05, 4.69) is 0 Å². The van der Waals surface area contributed by atoms with Crippen molar-refractivity contribution in [3.8, 4) is 5.75 Å². The fourth-order valence-corrected chi connectivity index (χ4v) is 2.92. The first-order valence-electron chi connectivity index (χ1n) is 7.34. The molecule has 20 heavy (non-hydrogen) atoms. The molecular formula is C16H22ClNO2. The molecule has 4 heteroatoms. The molecule has 0 spiro atoms. The third kappa shape index (κ3) is 4.41. The minimum Gasteiger partial charge on any atom is -0.493 e. The van der Waals surface area contributed by atoms with Gasteiger partial charge in [0.15, 0.2) is 0 Å². The van der Waals surface area contributed by atoms with E-state index in [0.717, 1.165) is 31.6 Å². The van der Waals surface area contributed by atoms with E-state index in [9.17, 15) is 4.79 Å². The van der Waals surface area contributed by atoms with Gasteiger partial charge in [-0.2, -0.15) is 0 Å². The van der Waals surface area contributed by atoms with E-state index in [-0.39, 0.29) is 5.91 Å². The predicted octanol–water partition coefficient (Wildman–Crippen LogP) is 3.47. The molecule has 1 amide bonds. The lowest BCUT2D eigenvalue weighted by atomic mass is 9.99. The third-order valence-corrected chi connectivity index (χ3v) is 3.94. The Morgan fingerprint density at radius 2 is 2.10 bits per heavy atom. The second-order valence-electron chi connectivity index (χ2n) is 5.13. The van der Waals surface area contributed by atoms with Crippen molar-refractivity contribution in [2.45, 2.75) is 38.1 Å². The number of para-hydroxylation sites is 1. The SMILES string of the molecule is O=C(CCOc1ccccc1)N1CCCCC1CCCl. The summed E-state index contributed by atoms with van der Waals surface area (Å²) >= 11 is 5.83. The highest BCUT2D eigenvalue weighted by molar-refractivity contribution is 6.17. The zero-order valence-electron chi connectivity index (χ0n) is 11.8. The molecule has 1 aliphatic heterocycles. The first-order chi connectivity index (χ1) is 9.81. The molecule has 110 valence electrons. The molecular weight excluding hydrogens is 274 g/mol. The van der Waals surface area contributed by atoms with Crippen LogP contribution in [0.15, 0.2) is 30.3 Å². The highest BCUT2D eigenvalue weighted by Crippen LogP contribution is 2.21. The van der Waals surface area contributed by atoms with Crippen LogP contribution in [-0.4, -0.2) is 35.9 Å². The van der Waals surface area contributed by atoms with Gasteiger partial charge in [-0.05, 0) is 37.8 Å². The van der Waals surface area contributed by atoms with Crippen LogP contribution in [-0.2, 0) is 4.79 Å². The molecule has 0 bridgehead atoms. The van der Waals surface area contributed by atoms with E-state index < -0.39 is 0 Å². The summed E-state index contributed by atoms with van der Waals surface area (Å²) in [6, 6.07) is 9.94. The topological polar surface area (TPSA) is 29.5 Å². The van der Waals surface area contributed by atoms with Crippen LogP contribution in [0.5, 0.6) is 5.75 Å². The number of carbonyl (C=O) groups excluding carboxylic acids is 1. The summed E-state index contributed by atoms with van der Waals surface area (Å²) in [4.78, 5) is 14.3. The summed E-state index contributed by atoms with van der Waals surface area (Å²) in [5.41, 5.74) is 0. The number of hydrogen-bond donors (Lipinski definition) is 0. The molecule has 0 N–H and O–H groups in total. The van der Waals surface area contributed by atoms with Crippen molar-refractivity contribution in [1.29, 1.82) is 0 Å². The lowest BCUT2D eigenvalue weighted by molar-refractivity contribution is -0.135. The molecule has 0 aromatic heterocycles. The Labute approximate surface area is 125 Å². The van der Waals surface area contributed by atoms with Gasteiger partial charge in [0, 0.05) is 18.5 Å². The molecule has 1 atom stereocenters. The standard InChI is InChI=1S/C16H22ClNO2/c17-11-9-14-6-4-5-12-18(14)16(19)10-13-20-15-7-2-1-3-8-15/h1-3,7-8,14H,4-6,9-13H2. The fourth-order valence-electron chi connectivity index (χ4n) is 2.67. The number of rotatable bonds is 6. The number of carbonyl (C=O) groups is 1. The van der Waals surface area contributed by atoms with Gasteiger partial charge in [-0.3, -0.25) is 4.79 Å². The average molecular weight is 296 g/mol. The molecule has 0 radical (unpaired) electrons. The second kappa shape index (κ2) is 8.15. The third-order valence-electron chi connectivity index (χ3n) is 3.72. The minimum absolute atomic E-state index is 0.191. The summed E-state index contributed by atoms with van der Waals surface area (Å²) in [5.74, 6) is 1.63. The molecule has 0 saturated carbocycles. The molecule has 1 aliphatic rings. The Hall–Kier alpha value is -1.22. The first kappa shape index (κ1) is 15.2. The number of amides is 1. The van der Waals surface area contributed by atoms with Crippen molar-refractivity contribution in [3.05, 3.63) is 30.3 Å². The summed E-state index contributed by atoms with van der Waals surface area (Å²) in [5, 5.41) is 0. The van der Waals surface area contributed by atoms with Gasteiger partial charge in [-0.15, -0.1) is 11.6 Å². The van der Waals surface area contributed by atoms with Gasteiger partial charge in [-0.25, -0.2) is 0 Å². The van der Waals surface area contributed by atoms with E-state index >= 15 is 0 Å². The van der Waals surface area contributed by atoms with E-state index in [1.54, 1.807) is 0 Å². The maximum Gasteiger partial charge on any atom is 0.226 e. The number of nitrogens with zero attached hydrogens (tertiary/aromatic N) is 1. The number of alkyl halides is 1. The van der Waals surface area contributed by atoms with Crippen molar-refractivity contribution in [2.75, 3.05) is 19.0 Å². The van der Waals surface area contributed by atoms with Crippen LogP contribution in [0.1, 0.15) is 32.1 Å². The number of halogens is 1. The fraction of sp³-hybridized carbons (Fsp3) is 0.562. The normalized spacial score (nSPS) is 18.9. The van der Waals surface area contributed by atoms with Gasteiger partial charge in [0.2, 0.25) is 5.91 Å². The Morgan fingerprint density at radius 1 is 1.30 bits per heavy atom. The van der Waals surface area contributed by atoms with Crippen LogP contribution < -0.4 is 4.74 Å². The number of benzene rings is 1. The Balaban J connectivity index is 1.78. The lowest BCUT2D eigenvalue weighted by Crippen LogP contribution is -2.44. The maximum absolute atomic E-state index is 12.3. The van der Waals surface area contributed by atoms with Crippen LogP contribution in [0.3, 0.4) is 0 Å². The van der Waals surface area contributed by atoms with Crippen molar-refractivity contribution in [2.24, 2.45) is 0 Å². The molecule has 1 fully saturated rings. The van der Waals surface area contributed by atoms with Gasteiger partial charge in [-0.1, -0.05) is 18.2 Å². The molecule has 1 heterocycles. The highest BCUT2D eigenvalue weighted by Gasteiger charge is 2.25. The van der Waals surface area contributed by atoms with E-state index in [1.807, 2.05) is 35.2 Å². The Morgan fingerprint density at radius 3 is 2.85 bits per heavy atom. The first-order valence-corrected chi connectivity index (χ1v) is 7.88. The Bertz CT molecular complexity index is 408. The summed E-state index contributed by atoms with van der Waals surface area (Å²) in [6.07, 6.45) is 4.72. The van der Waals surface area contributed by atoms with Crippen LogP contribution in [0, 0.1) is 0 Å². The molecule has 3 nitrogen and oxygen atoms in total. The van der Waals surface area contributed by atoms with Gasteiger partial charge >= 0.3 is 0 Å². The van der Waals surface area contributed by atoms with Crippen molar-refractivity contribution in [1.82, 2.24) is 4.90 Å². The van der Waals surface area contributed by atoms with E-state index in [4.69, 9.17) is 16.3 Å². The number of hydrogen-bond acceptors (Lipinski definition) is 2. The summed E-state index contributed by atoms with van der Waals surface area (Å²) < 4.78 is 5.59. The van der Waals surface area contributed by atoms with Gasteiger partial charge < -0.3 is 9.64 Å². The largest absolute Gasteiger partial charge is 0.493 e. The van der Waals surface area contributed by atoms with E-state index in [0.29, 0.717) is 24.9 Å². The van der Waals surface area contributed by atoms with Crippen LogP contribution in [0.25, 0.3) is 0 Å². The highest BCUT2D eigenvalue weighted by atomic mass is 35.5. The molecule has 1 unspecified atom stereocenters. The van der Waals surface area contributed by atoms with Gasteiger partial charge in [0.1, 0.15) is 5.75 Å². The molecule has 1 aromatic rings. The monoisotopic (exact) mass is 295 g/mol. The molecule has 2 rings (SSSR count). The van der Waals surface area contributed by atoms with E-state index in [1.165, 1.54) is 6.42 Å². The maximum atomic E-state index is 12.3. The zero-order valence-corrected chi connectivity index (χ0v) is 12.5. The number of likely N-dealkylation sites (tertiary alicyclic amines) is 1. The predicted molar refractivity (Wildman–Crippen MR) is 81.2 cm³/mol. The van der Waals surface area contributed by atoms with Crippen LogP contribution in [0.4, 0.5) is 0 Å². The smallest absolute Gasteiger partial charge is 0.226 e.